The van der Waals surface area contributed by atoms with E-state index in [1.54, 1.807) is 0 Å². The SMILES string of the molecule is N=C/C(C(=O)NC1C2CC3CC4CC5C4(C3)C215)=C(\NCCNC(=O)N1CCNCC1)OCC1CCCCC1. The zero-order valence-electron chi connectivity index (χ0n) is 22.5. The van der Waals surface area contributed by atoms with Gasteiger partial charge in [0.05, 0.1) is 6.61 Å². The lowest BCUT2D eigenvalue weighted by molar-refractivity contribution is -0.117. The van der Waals surface area contributed by atoms with Crippen LogP contribution in [0.25, 0.3) is 0 Å². The molecule has 9 nitrogen and oxygen atoms in total. The van der Waals surface area contributed by atoms with Crippen molar-refractivity contribution >= 4 is 18.2 Å². The number of fused-ring (bicyclic) bond motifs is 1. The molecule has 1 heterocycles. The number of nitrogens with one attached hydrogen (secondary N) is 5. The molecule has 7 rings (SSSR count). The van der Waals surface area contributed by atoms with Crippen LogP contribution in [-0.4, -0.2) is 75.0 Å². The zero-order valence-corrected chi connectivity index (χ0v) is 22.5. The molecular formula is C29H44N6O3. The fourth-order valence-electron chi connectivity index (χ4n) is 10.1. The van der Waals surface area contributed by atoms with E-state index in [1.165, 1.54) is 44.9 Å². The summed E-state index contributed by atoms with van der Waals surface area (Å²) in [5.74, 6) is 3.97. The van der Waals surface area contributed by atoms with Gasteiger partial charge in [-0.3, -0.25) is 4.79 Å². The van der Waals surface area contributed by atoms with Crippen LogP contribution in [0.2, 0.25) is 0 Å². The molecule has 38 heavy (non-hydrogen) atoms. The number of ether oxygens (including phenoxy) is 1. The first-order valence-electron chi connectivity index (χ1n) is 15.3. The third kappa shape index (κ3) is 3.63. The minimum atomic E-state index is -0.181. The van der Waals surface area contributed by atoms with Crippen LogP contribution in [0.4, 0.5) is 4.79 Å². The monoisotopic (exact) mass is 524 g/mol. The number of amides is 3. The van der Waals surface area contributed by atoms with Crippen molar-refractivity contribution in [2.75, 3.05) is 45.9 Å². The molecule has 5 N–H and O–H groups in total. The molecule has 0 aromatic carbocycles. The summed E-state index contributed by atoms with van der Waals surface area (Å²) in [5.41, 5.74) is 1.23. The van der Waals surface area contributed by atoms with Crippen molar-refractivity contribution in [3.63, 3.8) is 0 Å². The summed E-state index contributed by atoms with van der Waals surface area (Å²) in [6.45, 7) is 4.47. The Morgan fingerprint density at radius 2 is 1.84 bits per heavy atom. The van der Waals surface area contributed by atoms with E-state index in [0.29, 0.717) is 61.3 Å². The van der Waals surface area contributed by atoms with Crippen molar-refractivity contribution in [3.05, 3.63) is 11.5 Å². The topological polar surface area (TPSA) is 119 Å². The van der Waals surface area contributed by atoms with Crippen LogP contribution >= 0.6 is 0 Å². The van der Waals surface area contributed by atoms with Crippen molar-refractivity contribution in [1.82, 2.24) is 26.2 Å². The summed E-state index contributed by atoms with van der Waals surface area (Å²) in [5, 5.41) is 21.0. The molecule has 2 bridgehead atoms. The van der Waals surface area contributed by atoms with Crippen molar-refractivity contribution < 1.29 is 14.3 Å². The summed E-state index contributed by atoms with van der Waals surface area (Å²) in [4.78, 5) is 27.8. The maximum Gasteiger partial charge on any atom is 0.317 e. The molecule has 9 heteroatoms. The number of rotatable bonds is 10. The summed E-state index contributed by atoms with van der Waals surface area (Å²) in [7, 11) is 0. The Labute approximate surface area is 225 Å². The van der Waals surface area contributed by atoms with E-state index >= 15 is 0 Å². The van der Waals surface area contributed by atoms with Gasteiger partial charge in [0.2, 0.25) is 5.88 Å². The second-order valence-electron chi connectivity index (χ2n) is 13.2. The molecule has 7 atom stereocenters. The lowest BCUT2D eigenvalue weighted by Crippen LogP contribution is -2.51. The zero-order chi connectivity index (χ0) is 25.9. The Hall–Kier alpha value is -2.29. The number of carbonyl (C=O) groups excluding carboxylic acids is 2. The number of nitrogens with zero attached hydrogens (tertiary/aromatic N) is 1. The Morgan fingerprint density at radius 3 is 2.63 bits per heavy atom. The fraction of sp³-hybridized carbons (Fsp3) is 0.828. The number of hydrogen-bond acceptors (Lipinski definition) is 6. The molecule has 0 aromatic heterocycles. The predicted molar refractivity (Wildman–Crippen MR) is 143 cm³/mol. The third-order valence-corrected chi connectivity index (χ3v) is 11.6. The highest BCUT2D eigenvalue weighted by molar-refractivity contribution is 6.12. The quantitative estimate of drug-likeness (QED) is 0.130. The lowest BCUT2D eigenvalue weighted by Gasteiger charge is -2.29. The van der Waals surface area contributed by atoms with Gasteiger partial charge in [0, 0.05) is 56.9 Å². The van der Waals surface area contributed by atoms with Crippen LogP contribution in [0.5, 0.6) is 0 Å². The summed E-state index contributed by atoms with van der Waals surface area (Å²) in [6, 6.07) is 0.219. The molecule has 208 valence electrons. The second-order valence-corrected chi connectivity index (χ2v) is 13.2. The molecule has 7 unspecified atom stereocenters. The van der Waals surface area contributed by atoms with Crippen LogP contribution in [-0.2, 0) is 9.53 Å². The first-order chi connectivity index (χ1) is 18.6. The molecule has 7 aliphatic rings. The third-order valence-electron chi connectivity index (χ3n) is 11.6. The Morgan fingerprint density at radius 1 is 1.05 bits per heavy atom. The molecule has 7 fully saturated rings. The van der Waals surface area contributed by atoms with Crippen molar-refractivity contribution in [1.29, 1.82) is 5.41 Å². The molecule has 2 spiro atoms. The fourth-order valence-corrected chi connectivity index (χ4v) is 10.1. The maximum atomic E-state index is 13.6. The highest BCUT2D eigenvalue weighted by Gasteiger charge is 2.99. The standard InChI is InChI=1S/C29H44N6O3/c30-16-21(25(36)34-24-22-13-19-12-20-14-23-28(20,15-19)29(22,23)24)26(38-17-18-4-2-1-3-5-18)32-6-7-33-27(37)35-10-8-31-9-11-35/h16,18-20,22-24,30-32H,1-15,17H2,(H,33,37)(H,34,36)/b26-21-,30-16?. The van der Waals surface area contributed by atoms with Gasteiger partial charge in [-0.2, -0.15) is 0 Å². The Balaban J connectivity index is 0.995. The van der Waals surface area contributed by atoms with Gasteiger partial charge >= 0.3 is 6.03 Å². The predicted octanol–water partition coefficient (Wildman–Crippen LogP) is 2.20. The smallest absolute Gasteiger partial charge is 0.317 e. The maximum absolute atomic E-state index is 13.6. The van der Waals surface area contributed by atoms with Crippen molar-refractivity contribution in [3.8, 4) is 0 Å². The number of urea groups is 1. The average molecular weight is 525 g/mol. The van der Waals surface area contributed by atoms with E-state index < -0.39 is 0 Å². The average Bonchev–Trinajstić information content (AvgIpc) is 3.66. The highest BCUT2D eigenvalue weighted by atomic mass is 16.5. The van der Waals surface area contributed by atoms with E-state index in [9.17, 15) is 9.59 Å². The lowest BCUT2D eigenvalue weighted by atomic mass is 9.75. The normalized spacial score (nSPS) is 40.5. The minimum absolute atomic E-state index is 0.0615. The van der Waals surface area contributed by atoms with Crippen LogP contribution in [0, 0.1) is 45.8 Å². The first kappa shape index (κ1) is 24.7. The summed E-state index contributed by atoms with van der Waals surface area (Å²) < 4.78 is 6.24. The van der Waals surface area contributed by atoms with Gasteiger partial charge in [-0.15, -0.1) is 0 Å². The van der Waals surface area contributed by atoms with Gasteiger partial charge in [-0.1, -0.05) is 19.3 Å². The van der Waals surface area contributed by atoms with E-state index in [-0.39, 0.29) is 23.6 Å². The van der Waals surface area contributed by atoms with Gasteiger partial charge in [0.25, 0.3) is 5.91 Å². The molecule has 0 aromatic rings. The largest absolute Gasteiger partial charge is 0.478 e. The Bertz CT molecular complexity index is 1020. The van der Waals surface area contributed by atoms with Crippen LogP contribution in [0.3, 0.4) is 0 Å². The number of carbonyl (C=O) groups is 2. The minimum Gasteiger partial charge on any atom is -0.478 e. The van der Waals surface area contributed by atoms with Crippen molar-refractivity contribution in [2.45, 2.75) is 63.8 Å². The summed E-state index contributed by atoms with van der Waals surface area (Å²) in [6.07, 6.45) is 12.7. The van der Waals surface area contributed by atoms with E-state index in [1.807, 2.05) is 4.90 Å². The molecule has 1 saturated heterocycles. The van der Waals surface area contributed by atoms with Crippen LogP contribution in [0.15, 0.2) is 11.5 Å². The highest BCUT2D eigenvalue weighted by Crippen LogP contribution is 3.01. The molecule has 1 aliphatic heterocycles. The van der Waals surface area contributed by atoms with Gasteiger partial charge < -0.3 is 36.3 Å². The van der Waals surface area contributed by atoms with E-state index in [0.717, 1.165) is 49.9 Å². The van der Waals surface area contributed by atoms with Gasteiger partial charge in [0.1, 0.15) is 5.57 Å². The molecule has 6 aliphatic carbocycles. The Kier molecular flexibility index (Phi) is 6.13. The molecule has 3 amide bonds. The van der Waals surface area contributed by atoms with Crippen LogP contribution in [0.1, 0.15) is 57.8 Å². The van der Waals surface area contributed by atoms with Gasteiger partial charge in [-0.05, 0) is 73.5 Å². The van der Waals surface area contributed by atoms with E-state index in [4.69, 9.17) is 10.1 Å². The second kappa shape index (κ2) is 9.42. The number of piperazine rings is 1. The van der Waals surface area contributed by atoms with E-state index in [2.05, 4.69) is 21.3 Å². The van der Waals surface area contributed by atoms with Gasteiger partial charge in [0.15, 0.2) is 0 Å². The molecule has 0 radical (unpaired) electrons. The van der Waals surface area contributed by atoms with Crippen molar-refractivity contribution in [2.24, 2.45) is 40.4 Å². The van der Waals surface area contributed by atoms with Gasteiger partial charge in [-0.25, -0.2) is 4.79 Å². The molecular weight excluding hydrogens is 480 g/mol. The van der Waals surface area contributed by atoms with Crippen LogP contribution < -0.4 is 21.3 Å². The summed E-state index contributed by atoms with van der Waals surface area (Å²) >= 11 is 0. The first-order valence-corrected chi connectivity index (χ1v) is 15.3. The number of hydrogen-bond donors (Lipinski definition) is 5. The molecule has 6 saturated carbocycles.